The van der Waals surface area contributed by atoms with Gasteiger partial charge in [0.15, 0.2) is 0 Å². The largest absolute Gasteiger partial charge is 0.496 e. The molecule has 0 heterocycles. The lowest BCUT2D eigenvalue weighted by atomic mass is 10.1. The van der Waals surface area contributed by atoms with Crippen LogP contribution in [0.2, 0.25) is 0 Å². The average Bonchev–Trinajstić information content (AvgIpc) is 2.60. The molecule has 0 atom stereocenters. The van der Waals surface area contributed by atoms with Crippen LogP contribution in [0.3, 0.4) is 0 Å². The van der Waals surface area contributed by atoms with Crippen LogP contribution in [0.5, 0.6) is 11.5 Å². The lowest BCUT2D eigenvalue weighted by Crippen LogP contribution is -2.16. The Kier molecular flexibility index (Phi) is 11.6. The minimum absolute atomic E-state index is 0.0949. The normalized spacial score (nSPS) is 11.5. The third-order valence-electron chi connectivity index (χ3n) is 4.14. The molecule has 150 valence electrons. The highest BCUT2D eigenvalue weighted by molar-refractivity contribution is 7.51. The van der Waals surface area contributed by atoms with E-state index in [1.54, 1.807) is 7.11 Å². The van der Waals surface area contributed by atoms with Gasteiger partial charge in [0.2, 0.25) is 0 Å². The number of methoxy groups -OCH3 is 1. The van der Waals surface area contributed by atoms with E-state index in [2.05, 4.69) is 12.2 Å². The molecule has 0 aliphatic carbocycles. The van der Waals surface area contributed by atoms with E-state index in [-0.39, 0.29) is 6.16 Å². The van der Waals surface area contributed by atoms with Gasteiger partial charge in [0.1, 0.15) is 11.5 Å². The lowest BCUT2D eigenvalue weighted by Gasteiger charge is -2.13. The smallest absolute Gasteiger partial charge is 0.325 e. The molecular weight excluding hydrogens is 353 g/mol. The molecule has 0 aliphatic rings. The van der Waals surface area contributed by atoms with Crippen molar-refractivity contribution in [3.05, 3.63) is 23.8 Å². The topological polar surface area (TPSA) is 88.0 Å². The lowest BCUT2D eigenvalue weighted by molar-refractivity contribution is 0.301. The average molecular weight is 387 g/mol. The van der Waals surface area contributed by atoms with E-state index >= 15 is 0 Å². The molecule has 0 amide bonds. The highest BCUT2D eigenvalue weighted by Crippen LogP contribution is 2.34. The Morgan fingerprint density at radius 3 is 2.50 bits per heavy atom. The molecule has 0 saturated carbocycles. The number of benzene rings is 1. The predicted molar refractivity (Wildman–Crippen MR) is 105 cm³/mol. The fourth-order valence-corrected chi connectivity index (χ4v) is 3.24. The Morgan fingerprint density at radius 1 is 1.08 bits per heavy atom. The van der Waals surface area contributed by atoms with Crippen LogP contribution in [0.25, 0.3) is 0 Å². The monoisotopic (exact) mass is 387 g/mol. The summed E-state index contributed by atoms with van der Waals surface area (Å²) in [5.41, 5.74) is 0.996. The van der Waals surface area contributed by atoms with Gasteiger partial charge < -0.3 is 24.6 Å². The van der Waals surface area contributed by atoms with Crippen molar-refractivity contribution < 1.29 is 23.8 Å². The van der Waals surface area contributed by atoms with Crippen molar-refractivity contribution >= 4 is 7.60 Å². The molecule has 7 heteroatoms. The Balaban J connectivity index is 2.31. The van der Waals surface area contributed by atoms with Gasteiger partial charge in [-0.05, 0) is 25.5 Å². The van der Waals surface area contributed by atoms with E-state index in [0.717, 1.165) is 30.1 Å². The first-order chi connectivity index (χ1) is 12.5. The quantitative estimate of drug-likeness (QED) is 0.310. The van der Waals surface area contributed by atoms with Crippen LogP contribution in [0.1, 0.15) is 57.4 Å². The summed E-state index contributed by atoms with van der Waals surface area (Å²) in [7, 11) is -2.27. The summed E-state index contributed by atoms with van der Waals surface area (Å²) in [5, 5.41) is 3.18. The summed E-state index contributed by atoms with van der Waals surface area (Å²) in [4.78, 5) is 17.7. The van der Waals surface area contributed by atoms with E-state index in [1.807, 2.05) is 18.2 Å². The van der Waals surface area contributed by atoms with Crippen LogP contribution < -0.4 is 14.8 Å². The van der Waals surface area contributed by atoms with Crippen LogP contribution in [-0.2, 0) is 11.1 Å². The van der Waals surface area contributed by atoms with Crippen LogP contribution in [-0.4, -0.2) is 36.2 Å². The molecule has 3 N–H and O–H groups in total. The van der Waals surface area contributed by atoms with Gasteiger partial charge in [0.25, 0.3) is 0 Å². The highest BCUT2D eigenvalue weighted by Gasteiger charge is 2.11. The van der Waals surface area contributed by atoms with Crippen molar-refractivity contribution in [3.8, 4) is 11.5 Å². The number of nitrogens with one attached hydrogen (secondary N) is 1. The zero-order valence-electron chi connectivity index (χ0n) is 16.1. The van der Waals surface area contributed by atoms with Crippen molar-refractivity contribution in [2.24, 2.45) is 0 Å². The predicted octanol–water partition coefficient (Wildman–Crippen LogP) is 4.09. The number of ether oxygens (including phenoxy) is 2. The second-order valence-electron chi connectivity index (χ2n) is 6.51. The summed E-state index contributed by atoms with van der Waals surface area (Å²) in [6.45, 7) is 4.07. The number of unbranched alkanes of at least 4 members (excludes halogenated alkanes) is 5. The third kappa shape index (κ3) is 10.8. The third-order valence-corrected chi connectivity index (χ3v) is 5.04. The maximum absolute atomic E-state index is 10.8. The Morgan fingerprint density at radius 2 is 1.81 bits per heavy atom. The minimum atomic E-state index is -3.90. The van der Waals surface area contributed by atoms with E-state index in [4.69, 9.17) is 19.3 Å². The number of rotatable bonds is 15. The molecule has 1 aromatic carbocycles. The molecule has 0 unspecified atom stereocenters. The summed E-state index contributed by atoms with van der Waals surface area (Å²) in [6.07, 6.45) is 7.76. The van der Waals surface area contributed by atoms with Crippen LogP contribution in [0.4, 0.5) is 0 Å². The van der Waals surface area contributed by atoms with Gasteiger partial charge in [-0.25, -0.2) is 0 Å². The minimum Gasteiger partial charge on any atom is -0.496 e. The number of hydrogen-bond donors (Lipinski definition) is 3. The molecule has 26 heavy (non-hydrogen) atoms. The van der Waals surface area contributed by atoms with Gasteiger partial charge in [-0.3, -0.25) is 4.57 Å². The first-order valence-electron chi connectivity index (χ1n) is 9.51. The van der Waals surface area contributed by atoms with Crippen molar-refractivity contribution in [1.82, 2.24) is 5.32 Å². The Hall–Kier alpha value is -1.07. The van der Waals surface area contributed by atoms with E-state index in [9.17, 15) is 4.57 Å². The first-order valence-corrected chi connectivity index (χ1v) is 11.3. The highest BCUT2D eigenvalue weighted by atomic mass is 31.2. The van der Waals surface area contributed by atoms with Gasteiger partial charge in [-0.1, -0.05) is 45.1 Å². The van der Waals surface area contributed by atoms with Gasteiger partial charge in [0.05, 0.1) is 19.9 Å². The van der Waals surface area contributed by atoms with Crippen molar-refractivity contribution in [2.45, 2.75) is 58.4 Å². The summed E-state index contributed by atoms with van der Waals surface area (Å²) in [6, 6.07) is 5.79. The molecule has 0 spiro atoms. The van der Waals surface area contributed by atoms with Gasteiger partial charge >= 0.3 is 7.60 Å². The Labute approximate surface area is 157 Å². The van der Waals surface area contributed by atoms with Gasteiger partial charge in [-0.15, -0.1) is 0 Å². The van der Waals surface area contributed by atoms with Crippen LogP contribution in [0.15, 0.2) is 18.2 Å². The second-order valence-corrected chi connectivity index (χ2v) is 8.29. The standard InChI is InChI=1S/C19H34NO5P/c1-3-4-5-6-7-8-13-25-18-11-10-17(19(15-18)24-2)16-20-12-9-14-26(21,22)23/h10-11,15,20H,3-9,12-14,16H2,1-2H3,(H2,21,22,23). The molecule has 6 nitrogen and oxygen atoms in total. The fraction of sp³-hybridized carbons (Fsp3) is 0.684. The van der Waals surface area contributed by atoms with Gasteiger partial charge in [-0.2, -0.15) is 0 Å². The van der Waals surface area contributed by atoms with Crippen molar-refractivity contribution in [3.63, 3.8) is 0 Å². The molecular formula is C19H34NO5P. The van der Waals surface area contributed by atoms with Gasteiger partial charge in [0, 0.05) is 18.2 Å². The summed E-state index contributed by atoms with van der Waals surface area (Å²) < 4.78 is 22.0. The molecule has 0 fully saturated rings. The van der Waals surface area contributed by atoms with E-state index in [0.29, 0.717) is 19.5 Å². The van der Waals surface area contributed by atoms with Crippen LogP contribution in [0, 0.1) is 0 Å². The summed E-state index contributed by atoms with van der Waals surface area (Å²) >= 11 is 0. The SMILES string of the molecule is CCCCCCCCOc1ccc(CNCCCP(=O)(O)O)c(OC)c1. The van der Waals surface area contributed by atoms with E-state index < -0.39 is 7.60 Å². The maximum Gasteiger partial charge on any atom is 0.325 e. The van der Waals surface area contributed by atoms with Crippen LogP contribution >= 0.6 is 7.60 Å². The molecule has 1 aromatic rings. The number of hydrogen-bond acceptors (Lipinski definition) is 4. The zero-order valence-corrected chi connectivity index (χ0v) is 17.0. The molecule has 0 aliphatic heterocycles. The molecule has 0 aromatic heterocycles. The molecule has 0 bridgehead atoms. The zero-order chi connectivity index (χ0) is 19.3. The maximum atomic E-state index is 10.8. The molecule has 1 rings (SSSR count). The van der Waals surface area contributed by atoms with E-state index in [1.165, 1.54) is 32.1 Å². The summed E-state index contributed by atoms with van der Waals surface area (Å²) in [5.74, 6) is 1.56. The Bertz CT molecular complexity index is 547. The molecule has 0 radical (unpaired) electrons. The second kappa shape index (κ2) is 13.2. The first kappa shape index (κ1) is 23.0. The molecule has 0 saturated heterocycles. The van der Waals surface area contributed by atoms with Crippen molar-refractivity contribution in [2.75, 3.05) is 26.4 Å². The fourth-order valence-electron chi connectivity index (χ4n) is 2.67. The van der Waals surface area contributed by atoms with Crippen molar-refractivity contribution in [1.29, 1.82) is 0 Å².